The molecule has 1 aliphatic carbocycles. The minimum atomic E-state index is -3.26. The zero-order valence-electron chi connectivity index (χ0n) is 12.1. The van der Waals surface area contributed by atoms with Gasteiger partial charge in [-0.2, -0.15) is 0 Å². The van der Waals surface area contributed by atoms with Crippen molar-refractivity contribution in [2.75, 3.05) is 12.3 Å². The van der Waals surface area contributed by atoms with Crippen molar-refractivity contribution in [3.05, 3.63) is 30.0 Å². The molecule has 1 fully saturated rings. The van der Waals surface area contributed by atoms with E-state index < -0.39 is 10.0 Å². The van der Waals surface area contributed by atoms with Crippen LogP contribution >= 0.6 is 0 Å². The van der Waals surface area contributed by atoms with E-state index in [1.54, 1.807) is 0 Å². The second kappa shape index (κ2) is 5.42. The van der Waals surface area contributed by atoms with Gasteiger partial charge in [-0.25, -0.2) is 13.1 Å². The van der Waals surface area contributed by atoms with Crippen molar-refractivity contribution in [1.29, 1.82) is 0 Å². The molecule has 1 aromatic heterocycles. The molecule has 3 rings (SSSR count). The predicted molar refractivity (Wildman–Crippen MR) is 81.5 cm³/mol. The van der Waals surface area contributed by atoms with Gasteiger partial charge in [0.2, 0.25) is 10.0 Å². The molecule has 1 saturated carbocycles. The van der Waals surface area contributed by atoms with E-state index in [9.17, 15) is 8.42 Å². The summed E-state index contributed by atoms with van der Waals surface area (Å²) in [7, 11) is -3.26. The highest BCUT2D eigenvalue weighted by atomic mass is 32.2. The molecular formula is C15H20N2O3S. The maximum atomic E-state index is 12.1. The van der Waals surface area contributed by atoms with Gasteiger partial charge >= 0.3 is 0 Å². The fourth-order valence-electron chi connectivity index (χ4n) is 2.52. The maximum absolute atomic E-state index is 12.1. The molecule has 6 heteroatoms. The number of sulfonamides is 1. The van der Waals surface area contributed by atoms with Crippen LogP contribution in [-0.2, 0) is 16.4 Å². The Balaban J connectivity index is 1.61. The molecule has 1 aromatic carbocycles. The summed E-state index contributed by atoms with van der Waals surface area (Å²) in [6.07, 6.45) is 3.65. The van der Waals surface area contributed by atoms with Crippen molar-refractivity contribution in [2.45, 2.75) is 32.6 Å². The molecule has 0 radical (unpaired) electrons. The molecule has 0 bridgehead atoms. The van der Waals surface area contributed by atoms with Crippen molar-refractivity contribution in [3.63, 3.8) is 0 Å². The standard InChI is InChI=1S/C15H20N2O3S/c1-2-15(8-9-15)11-16-21(18,19)10-7-13-12-5-3-4-6-14(12)20-17-13/h3-6,16H,2,7-11H2,1H3. The molecule has 1 aliphatic rings. The number of aryl methyl sites for hydroxylation is 1. The van der Waals surface area contributed by atoms with Crippen LogP contribution in [0.2, 0.25) is 0 Å². The van der Waals surface area contributed by atoms with Crippen LogP contribution in [0.3, 0.4) is 0 Å². The van der Waals surface area contributed by atoms with Gasteiger partial charge < -0.3 is 4.52 Å². The summed E-state index contributed by atoms with van der Waals surface area (Å²) >= 11 is 0. The van der Waals surface area contributed by atoms with Gasteiger partial charge in [-0.05, 0) is 36.8 Å². The minimum absolute atomic E-state index is 0.0450. The molecule has 0 saturated heterocycles. The second-order valence-corrected chi connectivity index (χ2v) is 7.80. The normalized spacial score (nSPS) is 17.2. The number of rotatable bonds is 7. The van der Waals surface area contributed by atoms with Crippen LogP contribution in [0, 0.1) is 5.41 Å². The van der Waals surface area contributed by atoms with Crippen LogP contribution in [0.5, 0.6) is 0 Å². The number of nitrogens with one attached hydrogen (secondary N) is 1. The third-order valence-corrected chi connectivity index (χ3v) is 5.76. The minimum Gasteiger partial charge on any atom is -0.356 e. The first kappa shape index (κ1) is 14.5. The lowest BCUT2D eigenvalue weighted by molar-refractivity contribution is 0.446. The molecule has 0 unspecified atom stereocenters. The monoisotopic (exact) mass is 308 g/mol. The quantitative estimate of drug-likeness (QED) is 0.853. The SMILES string of the molecule is CCC1(CNS(=O)(=O)CCc2noc3ccccc23)CC1. The third kappa shape index (κ3) is 3.27. The van der Waals surface area contributed by atoms with E-state index in [4.69, 9.17) is 4.52 Å². The molecule has 0 spiro atoms. The summed E-state index contributed by atoms with van der Waals surface area (Å²) in [5.74, 6) is 0.0450. The summed E-state index contributed by atoms with van der Waals surface area (Å²) < 4.78 is 32.1. The first-order valence-electron chi connectivity index (χ1n) is 7.34. The molecule has 0 aliphatic heterocycles. The maximum Gasteiger partial charge on any atom is 0.211 e. The Kier molecular flexibility index (Phi) is 3.75. The van der Waals surface area contributed by atoms with Crippen molar-refractivity contribution in [1.82, 2.24) is 9.88 Å². The molecule has 21 heavy (non-hydrogen) atoms. The van der Waals surface area contributed by atoms with Crippen LogP contribution in [0.25, 0.3) is 11.0 Å². The fourth-order valence-corrected chi connectivity index (χ4v) is 3.65. The Morgan fingerprint density at radius 3 is 2.81 bits per heavy atom. The summed E-state index contributed by atoms with van der Waals surface area (Å²) in [5.41, 5.74) is 1.61. The van der Waals surface area contributed by atoms with E-state index in [1.807, 2.05) is 24.3 Å². The Hall–Kier alpha value is -1.40. The molecule has 114 valence electrons. The fraction of sp³-hybridized carbons (Fsp3) is 0.533. The largest absolute Gasteiger partial charge is 0.356 e. The van der Waals surface area contributed by atoms with E-state index in [2.05, 4.69) is 16.8 Å². The van der Waals surface area contributed by atoms with Crippen molar-refractivity contribution < 1.29 is 12.9 Å². The highest BCUT2D eigenvalue weighted by Crippen LogP contribution is 2.47. The summed E-state index contributed by atoms with van der Waals surface area (Å²) in [6, 6.07) is 7.50. The Morgan fingerprint density at radius 2 is 2.10 bits per heavy atom. The third-order valence-electron chi connectivity index (χ3n) is 4.43. The van der Waals surface area contributed by atoms with E-state index in [-0.39, 0.29) is 11.2 Å². The van der Waals surface area contributed by atoms with Gasteiger partial charge in [-0.15, -0.1) is 0 Å². The van der Waals surface area contributed by atoms with E-state index in [0.29, 0.717) is 24.2 Å². The molecular weight excluding hydrogens is 288 g/mol. The van der Waals surface area contributed by atoms with Gasteiger partial charge in [0.1, 0.15) is 0 Å². The van der Waals surface area contributed by atoms with Crippen LogP contribution in [0.15, 0.2) is 28.8 Å². The lowest BCUT2D eigenvalue weighted by Crippen LogP contribution is -2.32. The number of para-hydroxylation sites is 1. The molecule has 2 aromatic rings. The number of hydrogen-bond acceptors (Lipinski definition) is 4. The number of nitrogens with zero attached hydrogens (tertiary/aromatic N) is 1. The van der Waals surface area contributed by atoms with Crippen LogP contribution in [0.4, 0.5) is 0 Å². The Morgan fingerprint density at radius 1 is 1.33 bits per heavy atom. The van der Waals surface area contributed by atoms with Gasteiger partial charge in [-0.3, -0.25) is 0 Å². The van der Waals surface area contributed by atoms with E-state index in [0.717, 1.165) is 24.6 Å². The lowest BCUT2D eigenvalue weighted by atomic mass is 10.1. The van der Waals surface area contributed by atoms with Gasteiger partial charge in [0.05, 0.1) is 11.4 Å². The average Bonchev–Trinajstić information content (AvgIpc) is 3.16. The van der Waals surface area contributed by atoms with Crippen molar-refractivity contribution >= 4 is 21.0 Å². The van der Waals surface area contributed by atoms with Crippen molar-refractivity contribution in [3.8, 4) is 0 Å². The molecule has 1 N–H and O–H groups in total. The summed E-state index contributed by atoms with van der Waals surface area (Å²) in [4.78, 5) is 0. The Labute approximate surface area is 124 Å². The number of aromatic nitrogens is 1. The van der Waals surface area contributed by atoms with Gasteiger partial charge in [0.25, 0.3) is 0 Å². The predicted octanol–water partition coefficient (Wildman–Crippen LogP) is 2.48. The zero-order chi connectivity index (χ0) is 14.9. The van der Waals surface area contributed by atoms with Crippen molar-refractivity contribution in [2.24, 2.45) is 5.41 Å². The van der Waals surface area contributed by atoms with Gasteiger partial charge in [0, 0.05) is 18.4 Å². The summed E-state index contributed by atoms with van der Waals surface area (Å²) in [5, 5.41) is 4.86. The van der Waals surface area contributed by atoms with Gasteiger partial charge in [-0.1, -0.05) is 24.2 Å². The highest BCUT2D eigenvalue weighted by Gasteiger charge is 2.41. The van der Waals surface area contributed by atoms with Crippen LogP contribution in [0.1, 0.15) is 31.9 Å². The molecule has 0 amide bonds. The number of fused-ring (bicyclic) bond motifs is 1. The molecule has 1 heterocycles. The topological polar surface area (TPSA) is 72.2 Å². The number of hydrogen-bond donors (Lipinski definition) is 1. The van der Waals surface area contributed by atoms with Crippen LogP contribution < -0.4 is 4.72 Å². The Bertz CT molecular complexity index is 732. The first-order chi connectivity index (χ1) is 10.0. The lowest BCUT2D eigenvalue weighted by Gasteiger charge is -2.13. The molecule has 5 nitrogen and oxygen atoms in total. The van der Waals surface area contributed by atoms with E-state index >= 15 is 0 Å². The second-order valence-electron chi connectivity index (χ2n) is 5.87. The molecule has 0 atom stereocenters. The average molecular weight is 308 g/mol. The summed E-state index contributed by atoms with van der Waals surface area (Å²) in [6.45, 7) is 2.67. The highest BCUT2D eigenvalue weighted by molar-refractivity contribution is 7.89. The van der Waals surface area contributed by atoms with Crippen LogP contribution in [-0.4, -0.2) is 25.9 Å². The zero-order valence-corrected chi connectivity index (χ0v) is 12.9. The smallest absolute Gasteiger partial charge is 0.211 e. The van der Waals surface area contributed by atoms with Gasteiger partial charge in [0.15, 0.2) is 5.58 Å². The van der Waals surface area contributed by atoms with E-state index in [1.165, 1.54) is 0 Å². The number of benzene rings is 1. The first-order valence-corrected chi connectivity index (χ1v) is 8.99.